The molecule has 3 N–H and O–H groups in total. The van der Waals surface area contributed by atoms with E-state index in [-0.39, 0.29) is 42.9 Å². The smallest absolute Gasteiger partial charge is 0.330 e. The van der Waals surface area contributed by atoms with Crippen LogP contribution < -0.4 is 17.0 Å². The van der Waals surface area contributed by atoms with Crippen LogP contribution in [0.2, 0.25) is 0 Å². The number of ketones is 1. The van der Waals surface area contributed by atoms with E-state index in [1.54, 1.807) is 0 Å². The summed E-state index contributed by atoms with van der Waals surface area (Å²) < 4.78 is 6.19. The Labute approximate surface area is 174 Å². The summed E-state index contributed by atoms with van der Waals surface area (Å²) in [6.45, 7) is 0.525. The Morgan fingerprint density at radius 2 is 2.03 bits per heavy atom. The van der Waals surface area contributed by atoms with Gasteiger partial charge in [0, 0.05) is 19.2 Å². The minimum atomic E-state index is -0.726. The summed E-state index contributed by atoms with van der Waals surface area (Å²) in [4.78, 5) is 42.3. The Balaban J connectivity index is 1.64. The molecule has 4 rings (SSSR count). The highest BCUT2D eigenvalue weighted by molar-refractivity contribution is 6.01. The van der Waals surface area contributed by atoms with Crippen LogP contribution >= 0.6 is 0 Å². The Bertz CT molecular complexity index is 1050. The molecule has 0 spiro atoms. The fourth-order valence-electron chi connectivity index (χ4n) is 4.48. The number of ether oxygens (including phenoxy) is 1. The van der Waals surface area contributed by atoms with E-state index in [4.69, 9.17) is 10.5 Å². The number of fused-ring (bicyclic) bond motifs is 1. The van der Waals surface area contributed by atoms with Crippen molar-refractivity contribution >= 4 is 11.6 Å². The van der Waals surface area contributed by atoms with Gasteiger partial charge in [0.15, 0.2) is 5.78 Å². The molecule has 1 fully saturated rings. The number of nitrogens with two attached hydrogens (primary N) is 1. The summed E-state index contributed by atoms with van der Waals surface area (Å²) in [6.07, 6.45) is 5.20. The van der Waals surface area contributed by atoms with Crippen molar-refractivity contribution in [1.29, 1.82) is 0 Å². The maximum absolute atomic E-state index is 13.2. The number of aryl methyl sites for hydroxylation is 1. The zero-order valence-corrected chi connectivity index (χ0v) is 17.2. The quantitative estimate of drug-likeness (QED) is 0.636. The molecule has 1 heterocycles. The predicted octanol–water partition coefficient (Wildman–Crippen LogP) is 1.49. The monoisotopic (exact) mass is 412 g/mol. The molecule has 1 saturated carbocycles. The topological polar surface area (TPSA) is 110 Å². The van der Waals surface area contributed by atoms with Crippen LogP contribution in [0, 0.1) is 0 Å². The highest BCUT2D eigenvalue weighted by atomic mass is 16.5. The van der Waals surface area contributed by atoms with Crippen molar-refractivity contribution in [3.05, 3.63) is 61.8 Å². The molecule has 0 bridgehead atoms. The molecule has 1 aromatic carbocycles. The largest absolute Gasteiger partial charge is 0.384 e. The van der Waals surface area contributed by atoms with Crippen LogP contribution in [0.15, 0.2) is 33.9 Å². The zero-order valence-electron chi connectivity index (χ0n) is 17.2. The first-order valence-corrected chi connectivity index (χ1v) is 10.5. The Hall–Kier alpha value is -2.71. The van der Waals surface area contributed by atoms with E-state index in [0.717, 1.165) is 32.1 Å². The lowest BCUT2D eigenvalue weighted by molar-refractivity contribution is 0.0862. The van der Waals surface area contributed by atoms with Gasteiger partial charge in [-0.2, -0.15) is 0 Å². The number of nitrogens with zero attached hydrogens (tertiary/aromatic N) is 2. The number of methoxy groups -OCH3 is 1. The summed E-state index contributed by atoms with van der Waals surface area (Å²) in [5.74, 6) is -0.444. The Kier molecular flexibility index (Phi) is 5.87. The lowest BCUT2D eigenvalue weighted by atomic mass is 9.86. The van der Waals surface area contributed by atoms with Gasteiger partial charge in [-0.3, -0.25) is 24.0 Å². The van der Waals surface area contributed by atoms with Gasteiger partial charge >= 0.3 is 5.69 Å². The summed E-state index contributed by atoms with van der Waals surface area (Å²) in [5, 5.41) is 0. The number of anilines is 1. The van der Waals surface area contributed by atoms with Gasteiger partial charge in [-0.25, -0.2) is 4.79 Å². The van der Waals surface area contributed by atoms with Gasteiger partial charge in [0.2, 0.25) is 0 Å². The van der Waals surface area contributed by atoms with Gasteiger partial charge in [0.25, 0.3) is 5.56 Å². The molecule has 0 saturated heterocycles. The fraction of sp³-hybridized carbons (Fsp3) is 0.500. The standard InChI is InChI=1S/C22H28N4O4/c1-30-12-11-25-20(23)19(21(28)24-22(25)29)18(27)13-26(15-9-10-15)17-8-4-6-14-5-2-3-7-16(14)17/h2-3,5,7,15,17H,4,6,8-13,23H2,1H3,(H,24,28,29). The van der Waals surface area contributed by atoms with Gasteiger partial charge in [-0.15, -0.1) is 0 Å². The van der Waals surface area contributed by atoms with Crippen LogP contribution in [0.3, 0.4) is 0 Å². The fourth-order valence-corrected chi connectivity index (χ4v) is 4.48. The number of hydrogen-bond acceptors (Lipinski definition) is 6. The van der Waals surface area contributed by atoms with Crippen LogP contribution in [-0.2, 0) is 17.7 Å². The van der Waals surface area contributed by atoms with Gasteiger partial charge in [0.1, 0.15) is 11.4 Å². The number of rotatable bonds is 8. The van der Waals surface area contributed by atoms with Gasteiger partial charge in [0.05, 0.1) is 19.7 Å². The molecule has 8 heteroatoms. The van der Waals surface area contributed by atoms with Gasteiger partial charge in [-0.05, 0) is 43.2 Å². The van der Waals surface area contributed by atoms with Crippen molar-refractivity contribution < 1.29 is 9.53 Å². The number of benzene rings is 1. The number of nitrogens with one attached hydrogen (secondary N) is 1. The maximum atomic E-state index is 13.2. The van der Waals surface area contributed by atoms with E-state index < -0.39 is 11.2 Å². The molecule has 2 aliphatic rings. The molecule has 160 valence electrons. The highest BCUT2D eigenvalue weighted by Gasteiger charge is 2.38. The summed E-state index contributed by atoms with van der Waals surface area (Å²) in [5.41, 5.74) is 7.20. The van der Waals surface area contributed by atoms with E-state index in [1.165, 1.54) is 22.8 Å². The molecule has 0 radical (unpaired) electrons. The van der Waals surface area contributed by atoms with E-state index >= 15 is 0 Å². The minimum Gasteiger partial charge on any atom is -0.384 e. The number of hydrogen-bond donors (Lipinski definition) is 2. The molecule has 1 unspecified atom stereocenters. The van der Waals surface area contributed by atoms with Gasteiger partial charge < -0.3 is 10.5 Å². The molecule has 8 nitrogen and oxygen atoms in total. The Morgan fingerprint density at radius 3 is 2.77 bits per heavy atom. The third-order valence-corrected chi connectivity index (χ3v) is 6.12. The molecule has 2 aromatic rings. The van der Waals surface area contributed by atoms with Crippen molar-refractivity contribution in [3.63, 3.8) is 0 Å². The second-order valence-electron chi connectivity index (χ2n) is 8.10. The molecular weight excluding hydrogens is 384 g/mol. The highest BCUT2D eigenvalue weighted by Crippen LogP contribution is 2.40. The van der Waals surface area contributed by atoms with E-state index in [9.17, 15) is 14.4 Å². The predicted molar refractivity (Wildman–Crippen MR) is 114 cm³/mol. The average Bonchev–Trinajstić information content (AvgIpc) is 3.56. The maximum Gasteiger partial charge on any atom is 0.330 e. The number of H-pyrrole nitrogens is 1. The summed E-state index contributed by atoms with van der Waals surface area (Å²) in [6, 6.07) is 8.89. The number of carbonyl (C=O) groups is 1. The second kappa shape index (κ2) is 8.57. The molecule has 30 heavy (non-hydrogen) atoms. The first kappa shape index (κ1) is 20.6. The van der Waals surface area contributed by atoms with Crippen LogP contribution in [0.5, 0.6) is 0 Å². The molecule has 1 atom stereocenters. The number of Topliss-reactive ketones (excluding diaryl/α,β-unsaturated/α-hetero) is 1. The lowest BCUT2D eigenvalue weighted by Gasteiger charge is -2.35. The Morgan fingerprint density at radius 1 is 1.27 bits per heavy atom. The normalized spacial score (nSPS) is 18.4. The van der Waals surface area contributed by atoms with Crippen LogP contribution in [0.4, 0.5) is 5.82 Å². The molecular formula is C22H28N4O4. The van der Waals surface area contributed by atoms with Crippen LogP contribution in [0.25, 0.3) is 0 Å². The van der Waals surface area contributed by atoms with Crippen molar-refractivity contribution in [2.75, 3.05) is 26.0 Å². The second-order valence-corrected chi connectivity index (χ2v) is 8.10. The molecule has 0 amide bonds. The van der Waals surface area contributed by atoms with Gasteiger partial charge in [-0.1, -0.05) is 24.3 Å². The first-order chi connectivity index (χ1) is 14.5. The SMILES string of the molecule is COCCn1c(N)c(C(=O)CN(C2CC2)C2CCCc3ccccc32)c(=O)[nH]c1=O. The minimum absolute atomic E-state index is 0.0920. The van der Waals surface area contributed by atoms with E-state index in [0.29, 0.717) is 6.04 Å². The van der Waals surface area contributed by atoms with Crippen molar-refractivity contribution in [1.82, 2.24) is 14.5 Å². The summed E-state index contributed by atoms with van der Waals surface area (Å²) >= 11 is 0. The molecule has 0 aliphatic heterocycles. The van der Waals surface area contributed by atoms with Crippen molar-refractivity contribution in [3.8, 4) is 0 Å². The van der Waals surface area contributed by atoms with E-state index in [1.807, 2.05) is 6.07 Å². The van der Waals surface area contributed by atoms with Crippen LogP contribution in [0.1, 0.15) is 53.2 Å². The average molecular weight is 412 g/mol. The van der Waals surface area contributed by atoms with E-state index in [2.05, 4.69) is 28.1 Å². The third kappa shape index (κ3) is 3.97. The lowest BCUT2D eigenvalue weighted by Crippen LogP contribution is -2.41. The number of aromatic amines is 1. The summed E-state index contributed by atoms with van der Waals surface area (Å²) in [7, 11) is 1.51. The molecule has 2 aliphatic carbocycles. The van der Waals surface area contributed by atoms with Crippen LogP contribution in [-0.4, -0.2) is 46.5 Å². The third-order valence-electron chi connectivity index (χ3n) is 6.12. The van der Waals surface area contributed by atoms with Crippen molar-refractivity contribution in [2.24, 2.45) is 0 Å². The first-order valence-electron chi connectivity index (χ1n) is 10.5. The number of nitrogen functional groups attached to an aromatic ring is 1. The van der Waals surface area contributed by atoms with Crippen molar-refractivity contribution in [2.45, 2.75) is 50.7 Å². The molecule has 1 aromatic heterocycles. The number of aromatic nitrogens is 2. The number of carbonyl (C=O) groups excluding carboxylic acids is 1. The zero-order chi connectivity index (χ0) is 21.3.